The summed E-state index contributed by atoms with van der Waals surface area (Å²) in [7, 11) is -3.25. The minimum atomic E-state index is -3.25. The maximum Gasteiger partial charge on any atom is 0.257 e. The standard InChI is InChI=1S/C26H29N3O4S/c1-17-15-29(16-18(2)33-17)25-13-10-21(14-27-25)26(30)28-24-7-5-6-23(19(24)3)20-8-11-22(12-9-20)34(4,31)32/h5-14,17-18H,15-16H2,1-4H3,(H,28,30). The topological polar surface area (TPSA) is 88.6 Å². The molecular formula is C26H29N3O4S. The van der Waals surface area contributed by atoms with Crippen molar-refractivity contribution in [3.8, 4) is 11.1 Å². The quantitative estimate of drug-likeness (QED) is 0.586. The molecule has 34 heavy (non-hydrogen) atoms. The summed E-state index contributed by atoms with van der Waals surface area (Å²) in [6.45, 7) is 7.54. The smallest absolute Gasteiger partial charge is 0.257 e. The third-order valence-corrected chi connectivity index (χ3v) is 7.06. The molecular weight excluding hydrogens is 450 g/mol. The van der Waals surface area contributed by atoms with Crippen LogP contribution in [0.1, 0.15) is 29.8 Å². The summed E-state index contributed by atoms with van der Waals surface area (Å²) in [4.78, 5) is 19.9. The number of amides is 1. The molecule has 2 heterocycles. The first kappa shape index (κ1) is 23.9. The second-order valence-corrected chi connectivity index (χ2v) is 10.8. The van der Waals surface area contributed by atoms with E-state index in [0.29, 0.717) is 11.3 Å². The molecule has 178 valence electrons. The number of nitrogens with one attached hydrogen (secondary N) is 1. The van der Waals surface area contributed by atoms with Crippen LogP contribution in [-0.4, -0.2) is 50.9 Å². The fourth-order valence-corrected chi connectivity index (χ4v) is 4.86. The molecule has 3 aromatic rings. The maximum absolute atomic E-state index is 12.9. The van der Waals surface area contributed by atoms with Crippen molar-refractivity contribution in [1.82, 2.24) is 4.98 Å². The van der Waals surface area contributed by atoms with Gasteiger partial charge in [-0.25, -0.2) is 13.4 Å². The Kier molecular flexibility index (Phi) is 6.72. The highest BCUT2D eigenvalue weighted by Crippen LogP contribution is 2.30. The van der Waals surface area contributed by atoms with Gasteiger partial charge in [0.15, 0.2) is 9.84 Å². The van der Waals surface area contributed by atoms with Gasteiger partial charge < -0.3 is 15.0 Å². The SMILES string of the molecule is Cc1c(NC(=O)c2ccc(N3CC(C)OC(C)C3)nc2)cccc1-c1ccc(S(C)(=O)=O)cc1. The molecule has 1 fully saturated rings. The fourth-order valence-electron chi connectivity index (χ4n) is 4.23. The first-order valence-electron chi connectivity index (χ1n) is 11.2. The zero-order valence-electron chi connectivity index (χ0n) is 19.8. The van der Waals surface area contributed by atoms with Gasteiger partial charge in [-0.3, -0.25) is 4.79 Å². The van der Waals surface area contributed by atoms with Crippen molar-refractivity contribution >= 4 is 27.2 Å². The molecule has 7 nitrogen and oxygen atoms in total. The van der Waals surface area contributed by atoms with Crippen LogP contribution in [0.2, 0.25) is 0 Å². The first-order valence-corrected chi connectivity index (χ1v) is 13.1. The van der Waals surface area contributed by atoms with Crippen molar-refractivity contribution in [2.75, 3.05) is 29.6 Å². The summed E-state index contributed by atoms with van der Waals surface area (Å²) in [5.74, 6) is 0.588. The molecule has 0 aliphatic carbocycles. The molecule has 0 saturated carbocycles. The van der Waals surface area contributed by atoms with E-state index in [4.69, 9.17) is 4.74 Å². The average molecular weight is 480 g/mol. The van der Waals surface area contributed by atoms with Crippen molar-refractivity contribution in [2.45, 2.75) is 37.9 Å². The first-order chi connectivity index (χ1) is 16.1. The number of sulfone groups is 1. The summed E-state index contributed by atoms with van der Waals surface area (Å²) in [6, 6.07) is 16.1. The van der Waals surface area contributed by atoms with E-state index in [9.17, 15) is 13.2 Å². The normalized spacial score (nSPS) is 18.5. The molecule has 1 aliphatic rings. The molecule has 2 aromatic carbocycles. The van der Waals surface area contributed by atoms with Crippen molar-refractivity contribution in [1.29, 1.82) is 0 Å². The predicted octanol–water partition coefficient (Wildman–Crippen LogP) is 4.33. The third kappa shape index (κ3) is 5.29. The summed E-state index contributed by atoms with van der Waals surface area (Å²) < 4.78 is 29.3. The molecule has 1 amide bonds. The van der Waals surface area contributed by atoms with Crippen molar-refractivity contribution in [3.63, 3.8) is 0 Å². The summed E-state index contributed by atoms with van der Waals surface area (Å²) >= 11 is 0. The lowest BCUT2D eigenvalue weighted by Crippen LogP contribution is -2.45. The number of pyridine rings is 1. The Morgan fingerprint density at radius 1 is 1.03 bits per heavy atom. The lowest BCUT2D eigenvalue weighted by Gasteiger charge is -2.36. The number of hydrogen-bond donors (Lipinski definition) is 1. The molecule has 8 heteroatoms. The van der Waals surface area contributed by atoms with Crippen LogP contribution in [0.3, 0.4) is 0 Å². The number of anilines is 2. The van der Waals surface area contributed by atoms with Crippen LogP contribution in [0.5, 0.6) is 0 Å². The number of hydrogen-bond acceptors (Lipinski definition) is 6. The van der Waals surface area contributed by atoms with E-state index in [2.05, 4.69) is 15.2 Å². The third-order valence-electron chi connectivity index (χ3n) is 5.93. The number of ether oxygens (including phenoxy) is 1. The van der Waals surface area contributed by atoms with Gasteiger partial charge in [-0.2, -0.15) is 0 Å². The lowest BCUT2D eigenvalue weighted by atomic mass is 9.99. The predicted molar refractivity (Wildman–Crippen MR) is 134 cm³/mol. The molecule has 1 N–H and O–H groups in total. The van der Waals surface area contributed by atoms with Crippen molar-refractivity contribution in [2.24, 2.45) is 0 Å². The summed E-state index contributed by atoms with van der Waals surface area (Å²) in [6.07, 6.45) is 3.04. The number of morpholine rings is 1. The number of carbonyl (C=O) groups excluding carboxylic acids is 1. The Morgan fingerprint density at radius 2 is 1.71 bits per heavy atom. The van der Waals surface area contributed by atoms with Crippen molar-refractivity contribution < 1.29 is 17.9 Å². The Labute approximate surface area is 200 Å². The number of carbonyl (C=O) groups is 1. The van der Waals surface area contributed by atoms with Crippen molar-refractivity contribution in [3.05, 3.63) is 71.9 Å². The van der Waals surface area contributed by atoms with Crippen LogP contribution in [0.25, 0.3) is 11.1 Å². The highest BCUT2D eigenvalue weighted by Gasteiger charge is 2.23. The zero-order valence-corrected chi connectivity index (χ0v) is 20.6. The second kappa shape index (κ2) is 9.56. The van der Waals surface area contributed by atoms with E-state index >= 15 is 0 Å². The maximum atomic E-state index is 12.9. The Balaban J connectivity index is 1.50. The molecule has 0 bridgehead atoms. The van der Waals surface area contributed by atoms with Gasteiger partial charge in [0.05, 0.1) is 22.7 Å². The Hall–Kier alpha value is -3.23. The Bertz CT molecular complexity index is 1280. The zero-order chi connectivity index (χ0) is 24.5. The lowest BCUT2D eigenvalue weighted by molar-refractivity contribution is -0.00546. The van der Waals surface area contributed by atoms with Gasteiger partial charge in [-0.15, -0.1) is 0 Å². The monoisotopic (exact) mass is 479 g/mol. The number of nitrogens with zero attached hydrogens (tertiary/aromatic N) is 2. The van der Waals surface area contributed by atoms with E-state index < -0.39 is 9.84 Å². The van der Waals surface area contributed by atoms with Gasteiger partial charge >= 0.3 is 0 Å². The van der Waals surface area contributed by atoms with E-state index in [1.54, 1.807) is 36.5 Å². The van der Waals surface area contributed by atoms with Crippen LogP contribution >= 0.6 is 0 Å². The molecule has 1 saturated heterocycles. The van der Waals surface area contributed by atoms with Gasteiger partial charge in [0, 0.05) is 31.2 Å². The van der Waals surface area contributed by atoms with E-state index in [0.717, 1.165) is 35.6 Å². The van der Waals surface area contributed by atoms with E-state index in [1.807, 2.05) is 45.0 Å². The largest absolute Gasteiger partial charge is 0.372 e. The van der Waals surface area contributed by atoms with Gasteiger partial charge in [-0.05, 0) is 67.8 Å². The Morgan fingerprint density at radius 3 is 2.29 bits per heavy atom. The van der Waals surface area contributed by atoms with Gasteiger partial charge in [0.2, 0.25) is 0 Å². The van der Waals surface area contributed by atoms with E-state index in [-0.39, 0.29) is 23.0 Å². The minimum absolute atomic E-state index is 0.131. The van der Waals surface area contributed by atoms with Crippen LogP contribution in [-0.2, 0) is 14.6 Å². The molecule has 2 atom stereocenters. The van der Waals surface area contributed by atoms with Crippen LogP contribution < -0.4 is 10.2 Å². The second-order valence-electron chi connectivity index (χ2n) is 8.80. The highest BCUT2D eigenvalue weighted by molar-refractivity contribution is 7.90. The molecule has 0 radical (unpaired) electrons. The van der Waals surface area contributed by atoms with E-state index in [1.165, 1.54) is 6.26 Å². The van der Waals surface area contributed by atoms with Crippen LogP contribution in [0.4, 0.5) is 11.5 Å². The van der Waals surface area contributed by atoms with Crippen LogP contribution in [0, 0.1) is 6.92 Å². The molecule has 1 aliphatic heterocycles. The van der Waals surface area contributed by atoms with Crippen LogP contribution in [0.15, 0.2) is 65.7 Å². The van der Waals surface area contributed by atoms with Gasteiger partial charge in [0.25, 0.3) is 5.91 Å². The van der Waals surface area contributed by atoms with Gasteiger partial charge in [-0.1, -0.05) is 24.3 Å². The number of rotatable bonds is 5. The van der Waals surface area contributed by atoms with Gasteiger partial charge in [0.1, 0.15) is 5.82 Å². The molecule has 0 spiro atoms. The summed E-state index contributed by atoms with van der Waals surface area (Å²) in [5, 5.41) is 2.98. The number of aromatic nitrogens is 1. The minimum Gasteiger partial charge on any atom is -0.372 e. The fraction of sp³-hybridized carbons (Fsp3) is 0.308. The number of benzene rings is 2. The summed E-state index contributed by atoms with van der Waals surface area (Å²) in [5.41, 5.74) is 3.85. The molecule has 1 aromatic heterocycles. The molecule has 2 unspecified atom stereocenters. The highest BCUT2D eigenvalue weighted by atomic mass is 32.2. The average Bonchev–Trinajstić information content (AvgIpc) is 2.79. The molecule has 4 rings (SSSR count).